The van der Waals surface area contributed by atoms with Crippen molar-refractivity contribution in [2.24, 2.45) is 0 Å². The van der Waals surface area contributed by atoms with Gasteiger partial charge in [-0.1, -0.05) is 12.8 Å². The second kappa shape index (κ2) is 3.97. The lowest BCUT2D eigenvalue weighted by molar-refractivity contribution is -0.383. The van der Waals surface area contributed by atoms with Crippen molar-refractivity contribution in [1.82, 2.24) is 4.72 Å². The Morgan fingerprint density at radius 1 is 1.57 bits per heavy atom. The highest BCUT2D eigenvalue weighted by molar-refractivity contribution is 7.78. The second-order valence-corrected chi connectivity index (χ2v) is 2.70. The first-order chi connectivity index (χ1) is 6.56. The minimum atomic E-state index is -0.648. The highest BCUT2D eigenvalue weighted by atomic mass is 32.1. The van der Waals surface area contributed by atoms with Crippen LogP contribution in [0.3, 0.4) is 0 Å². The molecule has 0 aromatic heterocycles. The van der Waals surface area contributed by atoms with Crippen molar-refractivity contribution in [1.29, 1.82) is 0 Å². The molecule has 0 saturated heterocycles. The van der Waals surface area contributed by atoms with Crippen LogP contribution >= 0.6 is 12.8 Å². The summed E-state index contributed by atoms with van der Waals surface area (Å²) in [4.78, 5) is 20.9. The van der Waals surface area contributed by atoms with Gasteiger partial charge in [0.25, 0.3) is 11.6 Å². The Bertz CT molecular complexity index is 394. The Morgan fingerprint density at radius 3 is 2.71 bits per heavy atom. The van der Waals surface area contributed by atoms with Gasteiger partial charge in [-0.05, 0) is 12.1 Å². The van der Waals surface area contributed by atoms with Crippen molar-refractivity contribution >= 4 is 30.1 Å². The number of nitrogens with two attached hydrogens (primary N) is 1. The summed E-state index contributed by atoms with van der Waals surface area (Å²) in [6, 6.07) is 3.78. The van der Waals surface area contributed by atoms with Gasteiger partial charge in [-0.2, -0.15) is 0 Å². The van der Waals surface area contributed by atoms with Crippen molar-refractivity contribution in [2.75, 3.05) is 5.73 Å². The molecule has 0 atom stereocenters. The van der Waals surface area contributed by atoms with Crippen LogP contribution in [0.5, 0.6) is 0 Å². The van der Waals surface area contributed by atoms with Crippen LogP contribution in [0.15, 0.2) is 18.2 Å². The van der Waals surface area contributed by atoms with Crippen molar-refractivity contribution in [3.05, 3.63) is 33.9 Å². The average molecular weight is 213 g/mol. The van der Waals surface area contributed by atoms with Crippen LogP contribution in [-0.4, -0.2) is 10.8 Å². The van der Waals surface area contributed by atoms with E-state index in [0.717, 1.165) is 6.07 Å². The number of nitrogens with one attached hydrogen (secondary N) is 1. The molecule has 1 aromatic rings. The lowest BCUT2D eigenvalue weighted by Crippen LogP contribution is -2.13. The summed E-state index contributed by atoms with van der Waals surface area (Å²) in [5.74, 6) is -0.517. The summed E-state index contributed by atoms with van der Waals surface area (Å²) in [6.07, 6.45) is 0. The van der Waals surface area contributed by atoms with E-state index in [1.807, 2.05) is 0 Å². The summed E-state index contributed by atoms with van der Waals surface area (Å²) in [7, 11) is 0. The lowest BCUT2D eigenvalue weighted by atomic mass is 10.1. The number of nitro groups is 1. The fraction of sp³-hybridized carbons (Fsp3) is 0. The molecule has 1 amide bonds. The van der Waals surface area contributed by atoms with E-state index in [0.29, 0.717) is 0 Å². The normalized spacial score (nSPS) is 9.50. The summed E-state index contributed by atoms with van der Waals surface area (Å²) in [5.41, 5.74) is 5.21. The first kappa shape index (κ1) is 10.3. The van der Waals surface area contributed by atoms with Gasteiger partial charge in [-0.25, -0.2) is 0 Å². The Labute approximate surface area is 84.8 Å². The number of nitrogen functional groups attached to an aromatic ring is 1. The molecule has 74 valence electrons. The molecule has 0 aliphatic heterocycles. The number of nitrogens with zero attached hydrogens (tertiary/aromatic N) is 1. The van der Waals surface area contributed by atoms with Crippen molar-refractivity contribution in [3.8, 4) is 0 Å². The fourth-order valence-electron chi connectivity index (χ4n) is 0.908. The molecule has 0 aliphatic carbocycles. The Morgan fingerprint density at radius 2 is 2.21 bits per heavy atom. The van der Waals surface area contributed by atoms with Crippen LogP contribution in [0.4, 0.5) is 11.4 Å². The number of carbonyl (C=O) groups excluding carboxylic acids is 1. The smallest absolute Gasteiger partial charge is 0.292 e. The van der Waals surface area contributed by atoms with Crippen molar-refractivity contribution in [2.45, 2.75) is 0 Å². The van der Waals surface area contributed by atoms with Gasteiger partial charge >= 0.3 is 0 Å². The minimum absolute atomic E-state index is 0.0192. The average Bonchev–Trinajstić information content (AvgIpc) is 2.17. The van der Waals surface area contributed by atoms with Crippen LogP contribution in [0, 0.1) is 10.1 Å². The minimum Gasteiger partial charge on any atom is -0.393 e. The molecule has 14 heavy (non-hydrogen) atoms. The first-order valence-corrected chi connectivity index (χ1v) is 3.99. The molecule has 0 bridgehead atoms. The van der Waals surface area contributed by atoms with Gasteiger partial charge in [0.1, 0.15) is 5.69 Å². The number of nitro benzene ring substituents is 1. The summed E-state index contributed by atoms with van der Waals surface area (Å²) >= 11 is 3.54. The molecule has 0 fully saturated rings. The third-order valence-corrected chi connectivity index (χ3v) is 1.79. The largest absolute Gasteiger partial charge is 0.393 e. The number of amides is 1. The summed E-state index contributed by atoms with van der Waals surface area (Å²) < 4.78 is 2.06. The number of carbonyl (C=O) groups is 1. The molecule has 6 nitrogen and oxygen atoms in total. The number of benzene rings is 1. The molecule has 1 aromatic carbocycles. The van der Waals surface area contributed by atoms with E-state index in [-0.39, 0.29) is 16.9 Å². The van der Waals surface area contributed by atoms with Crippen molar-refractivity contribution < 1.29 is 9.72 Å². The Hall–Kier alpha value is -1.76. The van der Waals surface area contributed by atoms with Crippen LogP contribution in [0.2, 0.25) is 0 Å². The van der Waals surface area contributed by atoms with Gasteiger partial charge in [-0.3, -0.25) is 19.6 Å². The van der Waals surface area contributed by atoms with Crippen LogP contribution in [0.1, 0.15) is 10.4 Å². The number of hydrogen-bond acceptors (Lipinski definition) is 5. The molecule has 3 N–H and O–H groups in total. The van der Waals surface area contributed by atoms with E-state index in [1.54, 1.807) is 0 Å². The predicted molar refractivity (Wildman–Crippen MR) is 54.0 cm³/mol. The van der Waals surface area contributed by atoms with Gasteiger partial charge in [0, 0.05) is 11.6 Å². The molecule has 0 unspecified atom stereocenters. The van der Waals surface area contributed by atoms with E-state index >= 15 is 0 Å². The molecular formula is C7H7N3O3S. The zero-order valence-electron chi connectivity index (χ0n) is 6.93. The second-order valence-electron chi connectivity index (χ2n) is 2.47. The maximum absolute atomic E-state index is 11.0. The predicted octanol–water partition coefficient (Wildman–Crippen LogP) is 0.752. The molecule has 0 radical (unpaired) electrons. The number of rotatable bonds is 2. The van der Waals surface area contributed by atoms with E-state index in [2.05, 4.69) is 17.5 Å². The summed E-state index contributed by atoms with van der Waals surface area (Å²) in [6.45, 7) is 0. The van der Waals surface area contributed by atoms with E-state index in [4.69, 9.17) is 5.73 Å². The third kappa shape index (κ3) is 1.94. The zero-order valence-corrected chi connectivity index (χ0v) is 7.82. The van der Waals surface area contributed by atoms with Crippen LogP contribution in [-0.2, 0) is 0 Å². The zero-order chi connectivity index (χ0) is 10.7. The van der Waals surface area contributed by atoms with E-state index in [1.165, 1.54) is 12.1 Å². The molecule has 0 aliphatic rings. The van der Waals surface area contributed by atoms with Gasteiger partial charge < -0.3 is 5.73 Å². The van der Waals surface area contributed by atoms with Crippen LogP contribution < -0.4 is 10.5 Å². The maximum atomic E-state index is 11.0. The summed E-state index contributed by atoms with van der Waals surface area (Å²) in [5, 5.41) is 10.5. The SMILES string of the molecule is Nc1ccc(C(=O)NS)cc1[N+](=O)[O-]. The molecule has 0 heterocycles. The van der Waals surface area contributed by atoms with Crippen LogP contribution in [0.25, 0.3) is 0 Å². The maximum Gasteiger partial charge on any atom is 0.292 e. The van der Waals surface area contributed by atoms with Crippen molar-refractivity contribution in [3.63, 3.8) is 0 Å². The molecule has 0 saturated carbocycles. The molecule has 0 spiro atoms. The first-order valence-electron chi connectivity index (χ1n) is 3.54. The third-order valence-electron chi connectivity index (χ3n) is 1.59. The Kier molecular flexibility index (Phi) is 2.92. The molecule has 1 rings (SSSR count). The van der Waals surface area contributed by atoms with Gasteiger partial charge in [0.05, 0.1) is 4.92 Å². The van der Waals surface area contributed by atoms with Gasteiger partial charge in [-0.15, -0.1) is 0 Å². The van der Waals surface area contributed by atoms with Gasteiger partial charge in [0.15, 0.2) is 0 Å². The van der Waals surface area contributed by atoms with Gasteiger partial charge in [0.2, 0.25) is 0 Å². The quantitative estimate of drug-likeness (QED) is 0.292. The Balaban J connectivity index is 3.19. The number of hydrogen-bond donors (Lipinski definition) is 3. The van der Waals surface area contributed by atoms with E-state index in [9.17, 15) is 14.9 Å². The standard InChI is InChI=1S/C7H7N3O3S/c8-5-2-1-4(7(11)9-14)3-6(5)10(12)13/h1-3,14H,8H2,(H,9,11). The lowest BCUT2D eigenvalue weighted by Gasteiger charge is -2.00. The number of thiol groups is 1. The van der Waals surface area contributed by atoms with E-state index < -0.39 is 10.8 Å². The number of anilines is 1. The highest BCUT2D eigenvalue weighted by Gasteiger charge is 2.14. The monoisotopic (exact) mass is 213 g/mol. The fourth-order valence-corrected chi connectivity index (χ4v) is 1.04. The topological polar surface area (TPSA) is 98.3 Å². The highest BCUT2D eigenvalue weighted by Crippen LogP contribution is 2.22. The molecule has 7 heteroatoms. The molecular weight excluding hydrogens is 206 g/mol.